The summed E-state index contributed by atoms with van der Waals surface area (Å²) in [6.45, 7) is 0.258. The number of carbonyl (C=O) groups is 1. The predicted octanol–water partition coefficient (Wildman–Crippen LogP) is -0.377. The first-order valence-corrected chi connectivity index (χ1v) is 12.3. The molecule has 188 valence electrons. The molecule has 0 amide bonds. The van der Waals surface area contributed by atoms with Gasteiger partial charge in [-0.3, -0.25) is 14.3 Å². The van der Waals surface area contributed by atoms with Crippen molar-refractivity contribution in [1.29, 1.82) is 0 Å². The Hall–Kier alpha value is -2.35. The van der Waals surface area contributed by atoms with Crippen LogP contribution in [-0.2, 0) is 14.9 Å². The second kappa shape index (κ2) is 14.2. The fourth-order valence-corrected chi connectivity index (χ4v) is 4.29. The Morgan fingerprint density at radius 1 is 1.00 bits per heavy atom. The van der Waals surface area contributed by atoms with Crippen molar-refractivity contribution in [3.05, 3.63) is 72.9 Å². The zero-order valence-corrected chi connectivity index (χ0v) is 25.7. The maximum atomic E-state index is 11.9. The molecule has 0 aliphatic carbocycles. The van der Waals surface area contributed by atoms with Gasteiger partial charge in [-0.25, -0.2) is 0 Å². The Balaban J connectivity index is 0.00000380. The van der Waals surface area contributed by atoms with E-state index in [1.54, 1.807) is 42.5 Å². The number of benzene rings is 3. The van der Waals surface area contributed by atoms with Crippen molar-refractivity contribution in [2.75, 3.05) is 12.3 Å². The fraction of sp³-hybridized carbons (Fsp3) is 0.120. The van der Waals surface area contributed by atoms with Gasteiger partial charge in [-0.2, -0.15) is 8.42 Å². The molecule has 4 aromatic rings. The summed E-state index contributed by atoms with van der Waals surface area (Å²) in [6.07, 6.45) is 1.89. The molecule has 0 saturated carbocycles. The van der Waals surface area contributed by atoms with E-state index in [-0.39, 0.29) is 96.7 Å². The van der Waals surface area contributed by atoms with Gasteiger partial charge in [0.1, 0.15) is 22.0 Å². The van der Waals surface area contributed by atoms with Crippen molar-refractivity contribution < 1.29 is 89.6 Å². The van der Waals surface area contributed by atoms with E-state index in [1.807, 2.05) is 18.2 Å². The number of pyridine rings is 1. The molecule has 1 aromatic heterocycles. The topological polar surface area (TPSA) is 165 Å². The summed E-state index contributed by atoms with van der Waals surface area (Å²) in [4.78, 5) is 14.8. The minimum atomic E-state index is -4.52. The molecular weight excluding hydrogens is 530 g/mol. The van der Waals surface area contributed by atoms with Gasteiger partial charge in [0.05, 0.1) is 24.2 Å². The molecule has 0 atom stereocenters. The third-order valence-electron chi connectivity index (χ3n) is 5.28. The zero-order chi connectivity index (χ0) is 25.7. The third kappa shape index (κ3) is 7.84. The Labute approximate surface area is 266 Å². The van der Waals surface area contributed by atoms with Gasteiger partial charge in [0.15, 0.2) is 0 Å². The molecule has 1 heterocycles. The smallest absolute Gasteiger partial charge is 1.00 e. The summed E-state index contributed by atoms with van der Waals surface area (Å²) in [5, 5.41) is 17.7. The Morgan fingerprint density at radius 2 is 1.68 bits per heavy atom. The molecule has 3 aromatic carbocycles. The molecule has 0 radical (unpaired) electrons. The van der Waals surface area contributed by atoms with E-state index in [0.717, 1.165) is 5.56 Å². The van der Waals surface area contributed by atoms with Gasteiger partial charge in [0, 0.05) is 22.8 Å². The molecule has 0 spiro atoms. The number of nitrogens with zero attached hydrogens (tertiary/aromatic N) is 3. The summed E-state index contributed by atoms with van der Waals surface area (Å²) >= 11 is 0. The number of aliphatic carboxylic acids is 1. The van der Waals surface area contributed by atoms with Crippen molar-refractivity contribution in [3.63, 3.8) is 0 Å². The Kier molecular flexibility index (Phi) is 11.9. The monoisotopic (exact) mass is 554 g/mol. The van der Waals surface area contributed by atoms with Crippen LogP contribution < -0.4 is 69.6 Å². The van der Waals surface area contributed by atoms with E-state index in [9.17, 15) is 17.8 Å². The van der Waals surface area contributed by atoms with Crippen molar-refractivity contribution >= 4 is 43.9 Å². The SMILES string of the molecule is Nc1c(N=Nc2ccc(-c3ccccc3OCCCC(=O)O)nc2)cc(S(=O)(=O)O)c2ccccc12.[H-].[H-].[Na+].[Na+]. The van der Waals surface area contributed by atoms with E-state index in [1.165, 1.54) is 12.3 Å². The van der Waals surface area contributed by atoms with Crippen molar-refractivity contribution in [2.45, 2.75) is 17.7 Å². The van der Waals surface area contributed by atoms with Crippen LogP contribution in [0.4, 0.5) is 17.1 Å². The maximum absolute atomic E-state index is 11.9. The molecule has 0 saturated heterocycles. The number of anilines is 1. The molecule has 13 heteroatoms. The largest absolute Gasteiger partial charge is 1.00 e. The molecule has 4 N–H and O–H groups in total. The van der Waals surface area contributed by atoms with Crippen LogP contribution in [0, 0.1) is 0 Å². The van der Waals surface area contributed by atoms with E-state index >= 15 is 0 Å². The second-order valence-corrected chi connectivity index (χ2v) is 9.16. The average Bonchev–Trinajstić information content (AvgIpc) is 2.86. The first-order chi connectivity index (χ1) is 17.2. The number of nitrogen functional groups attached to an aromatic ring is 1. The van der Waals surface area contributed by atoms with Gasteiger partial charge < -0.3 is 18.4 Å². The van der Waals surface area contributed by atoms with Crippen LogP contribution in [0.1, 0.15) is 15.7 Å². The van der Waals surface area contributed by atoms with Crippen molar-refractivity contribution in [2.24, 2.45) is 10.2 Å². The number of fused-ring (bicyclic) bond motifs is 1. The molecule has 38 heavy (non-hydrogen) atoms. The predicted molar refractivity (Wildman–Crippen MR) is 137 cm³/mol. The van der Waals surface area contributed by atoms with E-state index in [0.29, 0.717) is 28.9 Å². The molecule has 0 aliphatic heterocycles. The normalized spacial score (nSPS) is 11.1. The van der Waals surface area contributed by atoms with E-state index in [2.05, 4.69) is 15.2 Å². The molecular formula is C25H24N4Na2O6S. The molecule has 4 rings (SSSR count). The Bertz CT molecular complexity index is 1580. The molecule has 10 nitrogen and oxygen atoms in total. The number of azo groups is 1. The number of nitrogens with two attached hydrogens (primary N) is 1. The van der Waals surface area contributed by atoms with Crippen LogP contribution in [0.2, 0.25) is 0 Å². The molecule has 0 bridgehead atoms. The quantitative estimate of drug-likeness (QED) is 0.0829. The van der Waals surface area contributed by atoms with Crippen LogP contribution in [-0.4, -0.2) is 35.6 Å². The zero-order valence-electron chi connectivity index (χ0n) is 22.9. The van der Waals surface area contributed by atoms with Crippen LogP contribution in [0.5, 0.6) is 5.75 Å². The summed E-state index contributed by atoms with van der Waals surface area (Å²) in [7, 11) is -4.52. The first kappa shape index (κ1) is 31.9. The number of rotatable bonds is 9. The van der Waals surface area contributed by atoms with E-state index in [4.69, 9.17) is 15.6 Å². The minimum Gasteiger partial charge on any atom is -1.00 e. The van der Waals surface area contributed by atoms with Gasteiger partial charge in [-0.15, -0.1) is 10.2 Å². The van der Waals surface area contributed by atoms with Gasteiger partial charge in [-0.1, -0.05) is 36.4 Å². The van der Waals surface area contributed by atoms with Gasteiger partial charge in [0.25, 0.3) is 10.1 Å². The molecule has 0 fully saturated rings. The third-order valence-corrected chi connectivity index (χ3v) is 6.17. The van der Waals surface area contributed by atoms with Gasteiger partial charge >= 0.3 is 65.1 Å². The first-order valence-electron chi connectivity index (χ1n) is 10.8. The minimum absolute atomic E-state index is 0. The number of ether oxygens (including phenoxy) is 1. The number of carboxylic acid groups (broad SMARTS) is 1. The number of hydrogen-bond acceptors (Lipinski definition) is 8. The second-order valence-electron chi connectivity index (χ2n) is 7.77. The number of para-hydroxylation sites is 1. The number of carboxylic acids is 1. The standard InChI is InChI=1S/C25H22N4O6S.2Na.2H/c26-25-18-7-2-1-6-17(18)23(36(32,33)34)14-21(25)29-28-16-11-12-20(27-15-16)19-8-3-4-9-22(19)35-13-5-10-24(30)31;;;;/h1-4,6-9,11-12,14-15H,5,10,13,26H2,(H,30,31)(H,32,33,34);;;;/q;2*+1;2*-1. The average molecular weight is 555 g/mol. The summed E-state index contributed by atoms with van der Waals surface area (Å²) in [5.74, 6) is -0.301. The van der Waals surface area contributed by atoms with E-state index < -0.39 is 16.1 Å². The molecule has 0 unspecified atom stereocenters. The Morgan fingerprint density at radius 3 is 2.34 bits per heavy atom. The van der Waals surface area contributed by atoms with Gasteiger partial charge in [0.2, 0.25) is 0 Å². The molecule has 0 aliphatic rings. The fourth-order valence-electron chi connectivity index (χ4n) is 3.57. The van der Waals surface area contributed by atoms with Crippen LogP contribution in [0.25, 0.3) is 22.0 Å². The number of aromatic nitrogens is 1. The van der Waals surface area contributed by atoms with Crippen molar-refractivity contribution in [1.82, 2.24) is 4.98 Å². The van der Waals surface area contributed by atoms with Crippen LogP contribution in [0.3, 0.4) is 0 Å². The maximum Gasteiger partial charge on any atom is 1.00 e. The van der Waals surface area contributed by atoms with Crippen LogP contribution in [0.15, 0.2) is 88.1 Å². The summed E-state index contributed by atoms with van der Waals surface area (Å²) < 4.78 is 39.2. The van der Waals surface area contributed by atoms with Crippen molar-refractivity contribution in [3.8, 4) is 17.0 Å². The summed E-state index contributed by atoms with van der Waals surface area (Å²) in [6, 6.07) is 18.4. The summed E-state index contributed by atoms with van der Waals surface area (Å²) in [5.41, 5.74) is 8.23. The van der Waals surface area contributed by atoms with Gasteiger partial charge in [-0.05, 0) is 36.8 Å². The van der Waals surface area contributed by atoms with Crippen LogP contribution >= 0.6 is 0 Å². The number of hydrogen-bond donors (Lipinski definition) is 3.